The number of aliphatic hydroxyl groups excluding tert-OH is 1. The molecule has 0 spiro atoms. The van der Waals surface area contributed by atoms with Crippen molar-refractivity contribution >= 4 is 0 Å². The van der Waals surface area contributed by atoms with Gasteiger partial charge in [-0.3, -0.25) is 4.90 Å². The highest BCUT2D eigenvalue weighted by atomic mass is 19.3. The van der Waals surface area contributed by atoms with Gasteiger partial charge in [-0.05, 0) is 16.7 Å². The van der Waals surface area contributed by atoms with Crippen molar-refractivity contribution in [2.45, 2.75) is 12.0 Å². The van der Waals surface area contributed by atoms with Crippen LogP contribution < -0.4 is 5.32 Å². The van der Waals surface area contributed by atoms with Crippen molar-refractivity contribution in [2.24, 2.45) is 0 Å². The van der Waals surface area contributed by atoms with Crippen molar-refractivity contribution < 1.29 is 13.9 Å². The monoisotopic (exact) mass is 332 g/mol. The Morgan fingerprint density at radius 2 is 1.54 bits per heavy atom. The Bertz CT molecular complexity index is 640. The van der Waals surface area contributed by atoms with E-state index >= 15 is 0 Å². The molecule has 1 heterocycles. The van der Waals surface area contributed by atoms with Crippen LogP contribution in [0.3, 0.4) is 0 Å². The van der Waals surface area contributed by atoms with E-state index in [1.54, 1.807) is 17.0 Å². The number of rotatable bonds is 5. The van der Waals surface area contributed by atoms with Gasteiger partial charge < -0.3 is 10.4 Å². The molecule has 2 N–H and O–H groups in total. The van der Waals surface area contributed by atoms with Crippen LogP contribution in [-0.4, -0.2) is 48.7 Å². The fourth-order valence-corrected chi connectivity index (χ4v) is 3.24. The molecule has 1 atom stereocenters. The highest BCUT2D eigenvalue weighted by Gasteiger charge is 2.43. The summed E-state index contributed by atoms with van der Waals surface area (Å²) < 4.78 is 28.8. The minimum Gasteiger partial charge on any atom is -0.390 e. The van der Waals surface area contributed by atoms with E-state index in [2.05, 4.69) is 5.32 Å². The van der Waals surface area contributed by atoms with Crippen molar-refractivity contribution in [3.8, 4) is 11.1 Å². The zero-order chi connectivity index (χ0) is 17.0. The topological polar surface area (TPSA) is 35.5 Å². The van der Waals surface area contributed by atoms with Crippen molar-refractivity contribution in [1.29, 1.82) is 0 Å². The molecule has 128 valence electrons. The fourth-order valence-electron chi connectivity index (χ4n) is 3.24. The maximum Gasteiger partial charge on any atom is 0.289 e. The number of alkyl halides is 2. The van der Waals surface area contributed by atoms with Gasteiger partial charge in [0.1, 0.15) is 12.6 Å². The lowest BCUT2D eigenvalue weighted by molar-refractivity contribution is -0.118. The summed E-state index contributed by atoms with van der Waals surface area (Å²) >= 11 is 0. The van der Waals surface area contributed by atoms with E-state index in [1.807, 2.05) is 42.5 Å². The van der Waals surface area contributed by atoms with E-state index in [1.165, 1.54) is 0 Å². The van der Waals surface area contributed by atoms with Gasteiger partial charge in [-0.25, -0.2) is 8.78 Å². The van der Waals surface area contributed by atoms with Crippen molar-refractivity contribution in [3.05, 3.63) is 60.2 Å². The molecule has 1 aliphatic heterocycles. The second kappa shape index (κ2) is 7.38. The van der Waals surface area contributed by atoms with Crippen molar-refractivity contribution in [3.63, 3.8) is 0 Å². The molecule has 24 heavy (non-hydrogen) atoms. The number of aliphatic hydroxyl groups is 1. The number of nitrogens with one attached hydrogen (secondary N) is 1. The Labute approximate surface area is 140 Å². The lowest BCUT2D eigenvalue weighted by atomic mass is 9.95. The summed E-state index contributed by atoms with van der Waals surface area (Å²) in [4.78, 5) is 1.75. The van der Waals surface area contributed by atoms with Gasteiger partial charge in [-0.2, -0.15) is 0 Å². The van der Waals surface area contributed by atoms with Crippen LogP contribution in [0.5, 0.6) is 0 Å². The summed E-state index contributed by atoms with van der Waals surface area (Å²) in [5.41, 5.74) is 2.58. The molecular weight excluding hydrogens is 310 g/mol. The number of hydrogen-bond donors (Lipinski definition) is 2. The summed E-state index contributed by atoms with van der Waals surface area (Å²) in [5, 5.41) is 12.4. The van der Waals surface area contributed by atoms with Crippen LogP contribution >= 0.6 is 0 Å². The molecule has 0 amide bonds. The molecule has 1 saturated heterocycles. The fraction of sp³-hybridized carbons (Fsp3) is 0.368. The molecule has 1 aliphatic rings. The Balaban J connectivity index is 1.90. The zero-order valence-electron chi connectivity index (χ0n) is 13.5. The predicted molar refractivity (Wildman–Crippen MR) is 91.1 cm³/mol. The molecule has 1 fully saturated rings. The first-order valence-electron chi connectivity index (χ1n) is 8.20. The third-order valence-corrected chi connectivity index (χ3v) is 4.46. The SMILES string of the molecule is OCC(F)(F)[C@@H](c1ccc(-c2ccccc2)cc1)N1CCNCC1. The van der Waals surface area contributed by atoms with Gasteiger partial charge >= 0.3 is 0 Å². The number of hydrogen-bond acceptors (Lipinski definition) is 3. The van der Waals surface area contributed by atoms with Gasteiger partial charge in [0.15, 0.2) is 0 Å². The van der Waals surface area contributed by atoms with Crippen LogP contribution in [0.2, 0.25) is 0 Å². The standard InChI is InChI=1S/C19H22F2N2O/c20-19(21,14-24)18(23-12-10-22-11-13-23)17-8-6-16(7-9-17)15-4-2-1-3-5-15/h1-9,18,22,24H,10-14H2/t18-/m1/s1. The second-order valence-corrected chi connectivity index (χ2v) is 6.10. The molecule has 0 aromatic heterocycles. The summed E-state index contributed by atoms with van der Waals surface area (Å²) in [6.07, 6.45) is 0. The first-order valence-corrected chi connectivity index (χ1v) is 8.20. The van der Waals surface area contributed by atoms with Crippen LogP contribution in [-0.2, 0) is 0 Å². The Morgan fingerprint density at radius 3 is 2.12 bits per heavy atom. The number of halogens is 2. The van der Waals surface area contributed by atoms with E-state index in [0.717, 1.165) is 11.1 Å². The molecule has 0 saturated carbocycles. The average molecular weight is 332 g/mol. The largest absolute Gasteiger partial charge is 0.390 e. The Morgan fingerprint density at radius 1 is 0.958 bits per heavy atom. The van der Waals surface area contributed by atoms with Gasteiger partial charge in [-0.1, -0.05) is 54.6 Å². The number of piperazine rings is 1. The molecule has 3 rings (SSSR count). The van der Waals surface area contributed by atoms with Crippen LogP contribution in [0.25, 0.3) is 11.1 Å². The van der Waals surface area contributed by atoms with Crippen LogP contribution in [0, 0.1) is 0 Å². The van der Waals surface area contributed by atoms with Gasteiger partial charge in [0, 0.05) is 26.2 Å². The van der Waals surface area contributed by atoms with Gasteiger partial charge in [0.25, 0.3) is 5.92 Å². The van der Waals surface area contributed by atoms with Crippen LogP contribution in [0.1, 0.15) is 11.6 Å². The van der Waals surface area contributed by atoms with E-state index in [9.17, 15) is 13.9 Å². The normalized spacial score (nSPS) is 17.6. The van der Waals surface area contributed by atoms with E-state index in [4.69, 9.17) is 0 Å². The average Bonchev–Trinajstić information content (AvgIpc) is 2.64. The summed E-state index contributed by atoms with van der Waals surface area (Å²) in [6.45, 7) is 1.30. The first-order chi connectivity index (χ1) is 11.6. The van der Waals surface area contributed by atoms with Crippen LogP contribution in [0.15, 0.2) is 54.6 Å². The molecule has 2 aromatic rings. The van der Waals surface area contributed by atoms with E-state index < -0.39 is 18.6 Å². The smallest absolute Gasteiger partial charge is 0.289 e. The quantitative estimate of drug-likeness (QED) is 0.884. The summed E-state index contributed by atoms with van der Waals surface area (Å²) in [5.74, 6) is -3.17. The molecule has 2 aromatic carbocycles. The molecule has 0 bridgehead atoms. The second-order valence-electron chi connectivity index (χ2n) is 6.10. The highest BCUT2D eigenvalue weighted by molar-refractivity contribution is 5.63. The van der Waals surface area contributed by atoms with E-state index in [0.29, 0.717) is 31.7 Å². The molecular formula is C19H22F2N2O. The van der Waals surface area contributed by atoms with Crippen LogP contribution in [0.4, 0.5) is 8.78 Å². The number of nitrogens with zero attached hydrogens (tertiary/aromatic N) is 1. The minimum absolute atomic E-state index is 0.538. The van der Waals surface area contributed by atoms with E-state index in [-0.39, 0.29) is 0 Å². The molecule has 0 radical (unpaired) electrons. The maximum absolute atomic E-state index is 14.4. The van der Waals surface area contributed by atoms with Gasteiger partial charge in [0.2, 0.25) is 0 Å². The molecule has 5 heteroatoms. The minimum atomic E-state index is -3.17. The number of benzene rings is 2. The van der Waals surface area contributed by atoms with Gasteiger partial charge in [0.05, 0.1) is 0 Å². The van der Waals surface area contributed by atoms with Crippen molar-refractivity contribution in [1.82, 2.24) is 10.2 Å². The first kappa shape index (κ1) is 17.0. The maximum atomic E-state index is 14.4. The third kappa shape index (κ3) is 3.64. The highest BCUT2D eigenvalue weighted by Crippen LogP contribution is 2.37. The zero-order valence-corrected chi connectivity index (χ0v) is 13.5. The Hall–Kier alpha value is -1.82. The lowest BCUT2D eigenvalue weighted by Gasteiger charge is -2.38. The predicted octanol–water partition coefficient (Wildman–Crippen LogP) is 2.93. The van der Waals surface area contributed by atoms with Gasteiger partial charge in [-0.15, -0.1) is 0 Å². The third-order valence-electron chi connectivity index (χ3n) is 4.46. The molecule has 0 aliphatic carbocycles. The van der Waals surface area contributed by atoms with Crippen molar-refractivity contribution in [2.75, 3.05) is 32.8 Å². The molecule has 3 nitrogen and oxygen atoms in total. The Kier molecular flexibility index (Phi) is 5.23. The summed E-state index contributed by atoms with van der Waals surface area (Å²) in [6, 6.07) is 16.0. The lowest BCUT2D eigenvalue weighted by Crippen LogP contribution is -2.51. The summed E-state index contributed by atoms with van der Waals surface area (Å²) in [7, 11) is 0. The molecule has 0 unspecified atom stereocenters.